The Morgan fingerprint density at radius 1 is 1.29 bits per heavy atom. The lowest BCUT2D eigenvalue weighted by Crippen LogP contribution is -2.54. The van der Waals surface area contributed by atoms with Crippen molar-refractivity contribution in [3.63, 3.8) is 0 Å². The monoisotopic (exact) mass is 369 g/mol. The SMILES string of the molecule is CC1CN(c2n[nH]c(-c3ccc(Br)cc3Cl)n2)CC(C)N1. The first kappa shape index (κ1) is 14.8. The number of nitrogens with zero attached hydrogens (tertiary/aromatic N) is 3. The summed E-state index contributed by atoms with van der Waals surface area (Å²) in [4.78, 5) is 6.79. The third-order valence-electron chi connectivity index (χ3n) is 3.50. The minimum Gasteiger partial charge on any atom is -0.336 e. The number of rotatable bonds is 2. The fraction of sp³-hybridized carbons (Fsp3) is 0.429. The molecule has 1 fully saturated rings. The fourth-order valence-corrected chi connectivity index (χ4v) is 3.45. The van der Waals surface area contributed by atoms with E-state index in [2.05, 4.69) is 55.2 Å². The molecule has 0 bridgehead atoms. The summed E-state index contributed by atoms with van der Waals surface area (Å²) in [5.74, 6) is 1.42. The first-order valence-corrected chi connectivity index (χ1v) is 8.09. The Bertz CT molecular complexity index is 634. The molecule has 2 unspecified atom stereocenters. The fourth-order valence-electron chi connectivity index (χ4n) is 2.69. The second-order valence-electron chi connectivity index (χ2n) is 5.48. The highest BCUT2D eigenvalue weighted by molar-refractivity contribution is 9.10. The first-order chi connectivity index (χ1) is 10.0. The number of nitrogens with one attached hydrogen (secondary N) is 2. The van der Waals surface area contributed by atoms with Gasteiger partial charge in [0.25, 0.3) is 0 Å². The molecule has 5 nitrogen and oxygen atoms in total. The summed E-state index contributed by atoms with van der Waals surface area (Å²) in [6.07, 6.45) is 0. The number of hydrogen-bond donors (Lipinski definition) is 2. The smallest absolute Gasteiger partial charge is 0.245 e. The number of halogens is 2. The van der Waals surface area contributed by atoms with Gasteiger partial charge in [0.1, 0.15) is 0 Å². The molecular weight excluding hydrogens is 354 g/mol. The number of aromatic nitrogens is 3. The minimum atomic E-state index is 0.423. The molecule has 2 N–H and O–H groups in total. The van der Waals surface area contributed by atoms with Crippen LogP contribution in [0, 0.1) is 0 Å². The van der Waals surface area contributed by atoms with E-state index in [4.69, 9.17) is 11.6 Å². The second kappa shape index (κ2) is 5.94. The largest absolute Gasteiger partial charge is 0.336 e. The topological polar surface area (TPSA) is 56.8 Å². The summed E-state index contributed by atoms with van der Waals surface area (Å²) in [5.41, 5.74) is 0.856. The van der Waals surface area contributed by atoms with Gasteiger partial charge in [-0.15, -0.1) is 5.10 Å². The Morgan fingerprint density at radius 3 is 2.67 bits per heavy atom. The van der Waals surface area contributed by atoms with Crippen LogP contribution in [0.15, 0.2) is 22.7 Å². The number of benzene rings is 1. The normalized spacial score (nSPS) is 22.6. The summed E-state index contributed by atoms with van der Waals surface area (Å²) in [7, 11) is 0. The molecule has 2 aromatic rings. The third-order valence-corrected chi connectivity index (χ3v) is 4.31. The van der Waals surface area contributed by atoms with Crippen LogP contribution in [-0.2, 0) is 0 Å². The van der Waals surface area contributed by atoms with Gasteiger partial charge in [-0.3, -0.25) is 5.10 Å². The quantitative estimate of drug-likeness (QED) is 0.853. The molecule has 2 atom stereocenters. The molecule has 0 amide bonds. The number of aromatic amines is 1. The van der Waals surface area contributed by atoms with Crippen molar-refractivity contribution in [3.05, 3.63) is 27.7 Å². The lowest BCUT2D eigenvalue weighted by atomic mass is 10.1. The van der Waals surface area contributed by atoms with Gasteiger partial charge in [0.2, 0.25) is 5.95 Å². The van der Waals surface area contributed by atoms with Gasteiger partial charge in [0, 0.05) is 35.2 Å². The summed E-state index contributed by atoms with van der Waals surface area (Å²) in [5, 5.41) is 11.5. The molecule has 0 radical (unpaired) electrons. The molecule has 0 aliphatic carbocycles. The highest BCUT2D eigenvalue weighted by atomic mass is 79.9. The van der Waals surface area contributed by atoms with Crippen LogP contribution in [0.1, 0.15) is 13.8 Å². The molecule has 3 rings (SSSR count). The van der Waals surface area contributed by atoms with Crippen LogP contribution in [0.3, 0.4) is 0 Å². The van der Waals surface area contributed by atoms with E-state index in [1.807, 2.05) is 18.2 Å². The van der Waals surface area contributed by atoms with Gasteiger partial charge >= 0.3 is 0 Å². The average molecular weight is 371 g/mol. The van der Waals surface area contributed by atoms with Crippen LogP contribution in [-0.4, -0.2) is 40.4 Å². The van der Waals surface area contributed by atoms with Crippen molar-refractivity contribution in [1.29, 1.82) is 0 Å². The highest BCUT2D eigenvalue weighted by Crippen LogP contribution is 2.29. The molecular formula is C14H17BrClN5. The molecule has 2 heterocycles. The van der Waals surface area contributed by atoms with Crippen molar-refractivity contribution in [1.82, 2.24) is 20.5 Å². The minimum absolute atomic E-state index is 0.423. The summed E-state index contributed by atoms with van der Waals surface area (Å²) in [6, 6.07) is 6.57. The Kier molecular flexibility index (Phi) is 4.19. The summed E-state index contributed by atoms with van der Waals surface area (Å²) in [6.45, 7) is 6.13. The lowest BCUT2D eigenvalue weighted by Gasteiger charge is -2.35. The van der Waals surface area contributed by atoms with Crippen LogP contribution in [0.4, 0.5) is 5.95 Å². The second-order valence-corrected chi connectivity index (χ2v) is 6.80. The molecule has 1 aliphatic heterocycles. The molecule has 21 heavy (non-hydrogen) atoms. The standard InChI is InChI=1S/C14H17BrClN5/c1-8-6-21(7-9(2)17-8)14-18-13(19-20-14)11-4-3-10(15)5-12(11)16/h3-5,8-9,17H,6-7H2,1-2H3,(H,18,19,20). The molecule has 1 aromatic heterocycles. The molecule has 0 spiro atoms. The molecule has 1 aromatic carbocycles. The average Bonchev–Trinajstić information content (AvgIpc) is 2.87. The lowest BCUT2D eigenvalue weighted by molar-refractivity contribution is 0.403. The maximum atomic E-state index is 6.26. The van der Waals surface area contributed by atoms with Gasteiger partial charge in [0.05, 0.1) is 5.02 Å². The Labute approximate surface area is 137 Å². The Balaban J connectivity index is 1.86. The van der Waals surface area contributed by atoms with E-state index in [1.165, 1.54) is 0 Å². The maximum Gasteiger partial charge on any atom is 0.245 e. The van der Waals surface area contributed by atoms with Crippen LogP contribution in [0.2, 0.25) is 5.02 Å². The van der Waals surface area contributed by atoms with Crippen molar-refractivity contribution in [2.75, 3.05) is 18.0 Å². The zero-order valence-corrected chi connectivity index (χ0v) is 14.2. The van der Waals surface area contributed by atoms with Crippen molar-refractivity contribution < 1.29 is 0 Å². The van der Waals surface area contributed by atoms with Gasteiger partial charge in [0.15, 0.2) is 5.82 Å². The van der Waals surface area contributed by atoms with Crippen molar-refractivity contribution in [3.8, 4) is 11.4 Å². The van der Waals surface area contributed by atoms with Gasteiger partial charge in [-0.25, -0.2) is 0 Å². The number of anilines is 1. The van der Waals surface area contributed by atoms with Crippen molar-refractivity contribution in [2.24, 2.45) is 0 Å². The Hall–Kier alpha value is -1.11. The van der Waals surface area contributed by atoms with Gasteiger partial charge in [-0.1, -0.05) is 27.5 Å². The first-order valence-electron chi connectivity index (χ1n) is 6.92. The molecule has 0 saturated carbocycles. The molecule has 7 heteroatoms. The van der Waals surface area contributed by atoms with Crippen molar-refractivity contribution >= 4 is 33.5 Å². The van der Waals surface area contributed by atoms with E-state index in [-0.39, 0.29) is 0 Å². The number of piperazine rings is 1. The van der Waals surface area contributed by atoms with E-state index in [0.717, 1.165) is 29.1 Å². The Morgan fingerprint density at radius 2 is 2.00 bits per heavy atom. The third kappa shape index (κ3) is 3.22. The van der Waals surface area contributed by atoms with Crippen LogP contribution in [0.5, 0.6) is 0 Å². The molecule has 1 aliphatic rings. The van der Waals surface area contributed by atoms with Crippen molar-refractivity contribution in [2.45, 2.75) is 25.9 Å². The summed E-state index contributed by atoms with van der Waals surface area (Å²) < 4.78 is 0.945. The van der Waals surface area contributed by atoms with Crippen LogP contribution >= 0.6 is 27.5 Å². The van der Waals surface area contributed by atoms with Crippen LogP contribution < -0.4 is 10.2 Å². The van der Waals surface area contributed by atoms with Gasteiger partial charge < -0.3 is 10.2 Å². The molecule has 1 saturated heterocycles. The predicted molar refractivity (Wildman–Crippen MR) is 88.8 cm³/mol. The highest BCUT2D eigenvalue weighted by Gasteiger charge is 2.24. The van der Waals surface area contributed by atoms with E-state index in [0.29, 0.717) is 22.9 Å². The zero-order valence-electron chi connectivity index (χ0n) is 11.9. The van der Waals surface area contributed by atoms with E-state index in [9.17, 15) is 0 Å². The maximum absolute atomic E-state index is 6.26. The molecule has 112 valence electrons. The van der Waals surface area contributed by atoms with E-state index in [1.54, 1.807) is 0 Å². The number of H-pyrrole nitrogens is 1. The van der Waals surface area contributed by atoms with Gasteiger partial charge in [-0.2, -0.15) is 4.98 Å². The van der Waals surface area contributed by atoms with E-state index >= 15 is 0 Å². The predicted octanol–water partition coefficient (Wildman–Crippen LogP) is 3.07. The van der Waals surface area contributed by atoms with Gasteiger partial charge in [-0.05, 0) is 32.0 Å². The summed E-state index contributed by atoms with van der Waals surface area (Å²) >= 11 is 9.67. The number of hydrogen-bond acceptors (Lipinski definition) is 4. The van der Waals surface area contributed by atoms with E-state index < -0.39 is 0 Å². The zero-order chi connectivity index (χ0) is 15.0. The van der Waals surface area contributed by atoms with Crippen LogP contribution in [0.25, 0.3) is 11.4 Å².